The average Bonchev–Trinajstić information content (AvgIpc) is 2.40. The molecule has 0 aliphatic rings. The summed E-state index contributed by atoms with van der Waals surface area (Å²) in [6.45, 7) is 9.80. The molecule has 118 valence electrons. The number of aryl methyl sites for hydroxylation is 2. The molecule has 0 atom stereocenters. The van der Waals surface area contributed by atoms with Gasteiger partial charge in [0, 0.05) is 13.6 Å². The van der Waals surface area contributed by atoms with Crippen molar-refractivity contribution in [1.82, 2.24) is 4.90 Å². The Morgan fingerprint density at radius 2 is 2.00 bits per heavy atom. The fraction of sp³-hybridized carbons (Fsp3) is 0.588. The molecule has 0 unspecified atom stereocenters. The smallest absolute Gasteiger partial charge is 0.225 e. The van der Waals surface area contributed by atoms with Crippen molar-refractivity contribution in [3.8, 4) is 5.75 Å². The molecular formula is C17H28N2O2. The van der Waals surface area contributed by atoms with Gasteiger partial charge in [0.15, 0.2) is 0 Å². The number of benzene rings is 1. The van der Waals surface area contributed by atoms with E-state index in [2.05, 4.69) is 26.8 Å². The predicted octanol–water partition coefficient (Wildman–Crippen LogP) is 2.52. The minimum Gasteiger partial charge on any atom is -0.493 e. The highest BCUT2D eigenvalue weighted by Gasteiger charge is 2.20. The molecule has 1 aromatic carbocycles. The second-order valence-electron chi connectivity index (χ2n) is 6.49. The molecule has 1 rings (SSSR count). The monoisotopic (exact) mass is 292 g/mol. The second kappa shape index (κ2) is 7.46. The van der Waals surface area contributed by atoms with Crippen LogP contribution in [0.4, 0.5) is 0 Å². The first kappa shape index (κ1) is 17.5. The maximum absolute atomic E-state index is 12.1. The number of carbonyl (C=O) groups excluding carboxylic acids is 1. The van der Waals surface area contributed by atoms with Crippen molar-refractivity contribution in [2.24, 2.45) is 11.1 Å². The molecule has 0 spiro atoms. The lowest BCUT2D eigenvalue weighted by atomic mass is 9.93. The molecule has 0 saturated heterocycles. The van der Waals surface area contributed by atoms with E-state index in [4.69, 9.17) is 10.5 Å². The molecule has 4 nitrogen and oxygen atoms in total. The molecule has 0 radical (unpaired) electrons. The predicted molar refractivity (Wildman–Crippen MR) is 86.5 cm³/mol. The third kappa shape index (κ3) is 5.76. The van der Waals surface area contributed by atoms with Crippen molar-refractivity contribution >= 4 is 5.91 Å². The highest BCUT2D eigenvalue weighted by molar-refractivity contribution is 5.76. The van der Waals surface area contributed by atoms with Crippen molar-refractivity contribution in [2.75, 3.05) is 26.7 Å². The maximum Gasteiger partial charge on any atom is 0.225 e. The number of amides is 1. The third-order valence-electron chi connectivity index (χ3n) is 3.55. The van der Waals surface area contributed by atoms with Crippen LogP contribution in [-0.2, 0) is 4.79 Å². The van der Waals surface area contributed by atoms with E-state index in [9.17, 15) is 4.79 Å². The van der Waals surface area contributed by atoms with Crippen molar-refractivity contribution in [3.63, 3.8) is 0 Å². The lowest BCUT2D eigenvalue weighted by molar-refractivity contribution is -0.131. The molecular weight excluding hydrogens is 264 g/mol. The molecule has 2 N–H and O–H groups in total. The first-order chi connectivity index (χ1) is 9.75. The molecule has 21 heavy (non-hydrogen) atoms. The van der Waals surface area contributed by atoms with Gasteiger partial charge >= 0.3 is 0 Å². The van der Waals surface area contributed by atoms with Gasteiger partial charge in [-0.3, -0.25) is 4.79 Å². The molecule has 0 bridgehead atoms. The number of nitrogens with zero attached hydrogens (tertiary/aromatic N) is 1. The van der Waals surface area contributed by atoms with Crippen LogP contribution in [0.1, 0.15) is 31.4 Å². The number of ether oxygens (including phenoxy) is 1. The summed E-state index contributed by atoms with van der Waals surface area (Å²) in [5, 5.41) is 0. The van der Waals surface area contributed by atoms with Crippen LogP contribution in [0.2, 0.25) is 0 Å². The van der Waals surface area contributed by atoms with Crippen LogP contribution in [-0.4, -0.2) is 37.6 Å². The third-order valence-corrected chi connectivity index (χ3v) is 3.55. The Kier molecular flexibility index (Phi) is 6.21. The van der Waals surface area contributed by atoms with E-state index in [0.717, 1.165) is 11.3 Å². The molecule has 4 heteroatoms. The normalized spacial score (nSPS) is 11.3. The van der Waals surface area contributed by atoms with Gasteiger partial charge in [-0.05, 0) is 37.4 Å². The Balaban J connectivity index is 2.43. The maximum atomic E-state index is 12.1. The van der Waals surface area contributed by atoms with Crippen LogP contribution < -0.4 is 10.5 Å². The molecule has 0 aromatic heterocycles. The molecule has 0 fully saturated rings. The quantitative estimate of drug-likeness (QED) is 0.840. The Morgan fingerprint density at radius 3 is 2.57 bits per heavy atom. The second-order valence-corrected chi connectivity index (χ2v) is 6.49. The molecule has 1 amide bonds. The summed E-state index contributed by atoms with van der Waals surface area (Å²) in [7, 11) is 1.82. The molecule has 0 saturated carbocycles. The topological polar surface area (TPSA) is 55.6 Å². The Hall–Kier alpha value is -1.55. The van der Waals surface area contributed by atoms with E-state index in [1.807, 2.05) is 26.1 Å². The minimum absolute atomic E-state index is 0.0567. The summed E-state index contributed by atoms with van der Waals surface area (Å²) in [6.07, 6.45) is 0.379. The van der Waals surface area contributed by atoms with E-state index >= 15 is 0 Å². The molecule has 0 heterocycles. The van der Waals surface area contributed by atoms with Crippen molar-refractivity contribution in [3.05, 3.63) is 29.3 Å². The van der Waals surface area contributed by atoms with E-state index in [1.54, 1.807) is 4.90 Å². The zero-order valence-corrected chi connectivity index (χ0v) is 13.9. The first-order valence-corrected chi connectivity index (χ1v) is 7.39. The summed E-state index contributed by atoms with van der Waals surface area (Å²) < 4.78 is 5.70. The number of hydrogen-bond donors (Lipinski definition) is 1. The summed E-state index contributed by atoms with van der Waals surface area (Å²) in [6, 6.07) is 6.05. The van der Waals surface area contributed by atoms with Crippen LogP contribution in [0.15, 0.2) is 18.2 Å². The number of carbonyl (C=O) groups is 1. The number of rotatable bonds is 7. The summed E-state index contributed by atoms with van der Waals surface area (Å²) in [5.74, 6) is 0.930. The van der Waals surface area contributed by atoms with Crippen molar-refractivity contribution < 1.29 is 9.53 Å². The minimum atomic E-state index is -0.0567. The fourth-order valence-electron chi connectivity index (χ4n) is 2.20. The molecule has 0 aliphatic heterocycles. The lowest BCUT2D eigenvalue weighted by Gasteiger charge is -2.29. The molecule has 1 aromatic rings. The van der Waals surface area contributed by atoms with E-state index in [0.29, 0.717) is 26.1 Å². The summed E-state index contributed by atoms with van der Waals surface area (Å²) >= 11 is 0. The number of hydrogen-bond acceptors (Lipinski definition) is 3. The lowest BCUT2D eigenvalue weighted by Crippen LogP contribution is -2.40. The van der Waals surface area contributed by atoms with Gasteiger partial charge in [-0.15, -0.1) is 0 Å². The summed E-state index contributed by atoms with van der Waals surface area (Å²) in [4.78, 5) is 13.8. The Bertz CT molecular complexity index is 484. The van der Waals surface area contributed by atoms with Crippen LogP contribution in [0, 0.1) is 19.3 Å². The zero-order chi connectivity index (χ0) is 16.0. The van der Waals surface area contributed by atoms with Gasteiger partial charge in [0.25, 0.3) is 0 Å². The van der Waals surface area contributed by atoms with E-state index in [-0.39, 0.29) is 11.3 Å². The van der Waals surface area contributed by atoms with Crippen LogP contribution >= 0.6 is 0 Å². The average molecular weight is 292 g/mol. The van der Waals surface area contributed by atoms with Gasteiger partial charge in [-0.25, -0.2) is 0 Å². The van der Waals surface area contributed by atoms with E-state index < -0.39 is 0 Å². The number of nitrogens with two attached hydrogens (primary N) is 1. The Labute approximate surface area is 128 Å². The van der Waals surface area contributed by atoms with Crippen molar-refractivity contribution in [2.45, 2.75) is 34.1 Å². The van der Waals surface area contributed by atoms with E-state index in [1.165, 1.54) is 5.56 Å². The largest absolute Gasteiger partial charge is 0.493 e. The van der Waals surface area contributed by atoms with Crippen LogP contribution in [0.5, 0.6) is 5.75 Å². The highest BCUT2D eigenvalue weighted by atomic mass is 16.5. The highest BCUT2D eigenvalue weighted by Crippen LogP contribution is 2.19. The Morgan fingerprint density at radius 1 is 1.33 bits per heavy atom. The van der Waals surface area contributed by atoms with Crippen LogP contribution in [0.25, 0.3) is 0 Å². The standard InChI is InChI=1S/C17H28N2O2/c1-13-6-7-15(14(2)10-13)21-9-8-16(20)19(5)12-17(3,4)11-18/h6-7,10H,8-9,11-12,18H2,1-5H3. The van der Waals surface area contributed by atoms with Gasteiger partial charge in [0.05, 0.1) is 13.0 Å². The van der Waals surface area contributed by atoms with Gasteiger partial charge in [0.1, 0.15) is 5.75 Å². The zero-order valence-electron chi connectivity index (χ0n) is 13.9. The first-order valence-electron chi connectivity index (χ1n) is 7.39. The van der Waals surface area contributed by atoms with Crippen molar-refractivity contribution in [1.29, 1.82) is 0 Å². The van der Waals surface area contributed by atoms with Gasteiger partial charge in [-0.2, -0.15) is 0 Å². The van der Waals surface area contributed by atoms with Gasteiger partial charge < -0.3 is 15.4 Å². The summed E-state index contributed by atoms with van der Waals surface area (Å²) in [5.41, 5.74) is 7.95. The van der Waals surface area contributed by atoms with Gasteiger partial charge in [-0.1, -0.05) is 31.5 Å². The van der Waals surface area contributed by atoms with Gasteiger partial charge in [0.2, 0.25) is 5.91 Å². The fourth-order valence-corrected chi connectivity index (χ4v) is 2.20. The van der Waals surface area contributed by atoms with Crippen LogP contribution in [0.3, 0.4) is 0 Å². The SMILES string of the molecule is Cc1ccc(OCCC(=O)N(C)CC(C)(C)CN)c(C)c1. The molecule has 0 aliphatic carbocycles.